The monoisotopic (exact) mass is 267 g/mol. The zero-order chi connectivity index (χ0) is 13.0. The average Bonchev–Trinajstić information content (AvgIpc) is 3.18. The van der Waals surface area contributed by atoms with Gasteiger partial charge in [-0.2, -0.15) is 0 Å². The maximum absolute atomic E-state index is 6.10. The first-order chi connectivity index (χ1) is 8.76. The van der Waals surface area contributed by atoms with E-state index in [-0.39, 0.29) is 12.1 Å². The SMILES string of the molecule is CCNC(c1cccc(Cl)c1)C(OCC)C1CC1. The number of benzene rings is 1. The second-order valence-corrected chi connectivity index (χ2v) is 5.28. The van der Waals surface area contributed by atoms with Gasteiger partial charge in [0.25, 0.3) is 0 Å². The molecule has 2 unspecified atom stereocenters. The van der Waals surface area contributed by atoms with Crippen molar-refractivity contribution in [1.82, 2.24) is 5.32 Å². The molecule has 18 heavy (non-hydrogen) atoms. The van der Waals surface area contributed by atoms with Crippen molar-refractivity contribution >= 4 is 11.6 Å². The van der Waals surface area contributed by atoms with E-state index in [4.69, 9.17) is 16.3 Å². The number of hydrogen-bond acceptors (Lipinski definition) is 2. The van der Waals surface area contributed by atoms with Crippen molar-refractivity contribution in [3.05, 3.63) is 34.9 Å². The number of ether oxygens (including phenoxy) is 1. The zero-order valence-corrected chi connectivity index (χ0v) is 11.9. The molecule has 1 aliphatic carbocycles. The lowest BCUT2D eigenvalue weighted by Gasteiger charge is -2.28. The molecule has 0 aromatic heterocycles. The summed E-state index contributed by atoms with van der Waals surface area (Å²) in [5, 5.41) is 4.34. The standard InChI is InChI=1S/C15H22ClNO/c1-3-17-14(12-6-5-7-13(16)10-12)15(18-4-2)11-8-9-11/h5-7,10-11,14-15,17H,3-4,8-9H2,1-2H3. The quantitative estimate of drug-likeness (QED) is 0.811. The number of nitrogens with one attached hydrogen (secondary N) is 1. The van der Waals surface area contributed by atoms with Crippen LogP contribution in [-0.2, 0) is 4.74 Å². The molecule has 0 radical (unpaired) electrons. The van der Waals surface area contributed by atoms with Gasteiger partial charge in [0, 0.05) is 11.6 Å². The van der Waals surface area contributed by atoms with Crippen LogP contribution < -0.4 is 5.32 Å². The van der Waals surface area contributed by atoms with E-state index in [1.54, 1.807) is 0 Å². The highest BCUT2D eigenvalue weighted by molar-refractivity contribution is 6.30. The van der Waals surface area contributed by atoms with E-state index in [0.717, 1.165) is 18.2 Å². The molecule has 1 aromatic rings. The van der Waals surface area contributed by atoms with Crippen molar-refractivity contribution in [1.29, 1.82) is 0 Å². The van der Waals surface area contributed by atoms with Gasteiger partial charge >= 0.3 is 0 Å². The number of hydrogen-bond donors (Lipinski definition) is 1. The Morgan fingerprint density at radius 1 is 1.39 bits per heavy atom. The first-order valence-electron chi connectivity index (χ1n) is 6.86. The van der Waals surface area contributed by atoms with E-state index in [1.165, 1.54) is 18.4 Å². The normalized spacial score (nSPS) is 18.6. The van der Waals surface area contributed by atoms with Crippen molar-refractivity contribution in [2.75, 3.05) is 13.2 Å². The molecule has 0 amide bonds. The second kappa shape index (κ2) is 6.55. The van der Waals surface area contributed by atoms with Crippen LogP contribution in [0.15, 0.2) is 24.3 Å². The fraction of sp³-hybridized carbons (Fsp3) is 0.600. The molecule has 1 aromatic carbocycles. The van der Waals surface area contributed by atoms with Gasteiger partial charge < -0.3 is 10.1 Å². The fourth-order valence-corrected chi connectivity index (χ4v) is 2.66. The molecule has 2 nitrogen and oxygen atoms in total. The molecule has 1 saturated carbocycles. The van der Waals surface area contributed by atoms with Gasteiger partial charge in [0.15, 0.2) is 0 Å². The molecule has 3 heteroatoms. The zero-order valence-electron chi connectivity index (χ0n) is 11.2. The van der Waals surface area contributed by atoms with E-state index >= 15 is 0 Å². The molecule has 0 bridgehead atoms. The van der Waals surface area contributed by atoms with Crippen molar-refractivity contribution in [2.45, 2.75) is 38.8 Å². The average molecular weight is 268 g/mol. The first kappa shape index (κ1) is 13.9. The molecule has 0 saturated heterocycles. The van der Waals surface area contributed by atoms with Gasteiger partial charge in [-0.05, 0) is 49.9 Å². The van der Waals surface area contributed by atoms with Crippen LogP contribution in [0.25, 0.3) is 0 Å². The Labute approximate surface area is 115 Å². The van der Waals surface area contributed by atoms with E-state index in [0.29, 0.717) is 5.92 Å². The molecule has 1 N–H and O–H groups in total. The van der Waals surface area contributed by atoms with Crippen LogP contribution in [0.5, 0.6) is 0 Å². The van der Waals surface area contributed by atoms with Crippen LogP contribution in [0.2, 0.25) is 5.02 Å². The van der Waals surface area contributed by atoms with Crippen LogP contribution in [0, 0.1) is 5.92 Å². The molecule has 1 aliphatic rings. The Balaban J connectivity index is 2.19. The lowest BCUT2D eigenvalue weighted by molar-refractivity contribution is 0.0189. The summed E-state index contributed by atoms with van der Waals surface area (Å²) < 4.78 is 5.97. The molecule has 0 spiro atoms. The Kier molecular flexibility index (Phi) is 5.04. The molecule has 0 aliphatic heterocycles. The topological polar surface area (TPSA) is 21.3 Å². The lowest BCUT2D eigenvalue weighted by Crippen LogP contribution is -2.35. The minimum Gasteiger partial charge on any atom is -0.376 e. The van der Waals surface area contributed by atoms with Gasteiger partial charge in [0.2, 0.25) is 0 Å². The van der Waals surface area contributed by atoms with Gasteiger partial charge in [0.1, 0.15) is 0 Å². The highest BCUT2D eigenvalue weighted by atomic mass is 35.5. The van der Waals surface area contributed by atoms with Gasteiger partial charge in [-0.1, -0.05) is 30.7 Å². The van der Waals surface area contributed by atoms with Gasteiger partial charge in [0.05, 0.1) is 12.1 Å². The molecule has 100 valence electrons. The van der Waals surface area contributed by atoms with Crippen LogP contribution in [0.1, 0.15) is 38.3 Å². The van der Waals surface area contributed by atoms with Crippen molar-refractivity contribution in [3.8, 4) is 0 Å². The van der Waals surface area contributed by atoms with Gasteiger partial charge in [-0.25, -0.2) is 0 Å². The third-order valence-corrected chi connectivity index (χ3v) is 3.64. The number of halogens is 1. The summed E-state index contributed by atoms with van der Waals surface area (Å²) in [6.45, 7) is 5.90. The Morgan fingerprint density at radius 3 is 2.72 bits per heavy atom. The summed E-state index contributed by atoms with van der Waals surface area (Å²) >= 11 is 6.10. The van der Waals surface area contributed by atoms with E-state index in [2.05, 4.69) is 25.2 Å². The van der Waals surface area contributed by atoms with Gasteiger partial charge in [-0.15, -0.1) is 0 Å². The van der Waals surface area contributed by atoms with Gasteiger partial charge in [-0.3, -0.25) is 0 Å². The Bertz CT molecular complexity index is 379. The van der Waals surface area contributed by atoms with E-state index < -0.39 is 0 Å². The van der Waals surface area contributed by atoms with Crippen LogP contribution in [0.3, 0.4) is 0 Å². The predicted octanol–water partition coefficient (Wildman–Crippen LogP) is 3.81. The molecular formula is C15H22ClNO. The Morgan fingerprint density at radius 2 is 2.17 bits per heavy atom. The summed E-state index contributed by atoms with van der Waals surface area (Å²) in [7, 11) is 0. The minimum absolute atomic E-state index is 0.251. The number of rotatable bonds is 7. The van der Waals surface area contributed by atoms with Crippen LogP contribution >= 0.6 is 11.6 Å². The summed E-state index contributed by atoms with van der Waals surface area (Å²) in [5.74, 6) is 0.702. The van der Waals surface area contributed by atoms with Crippen molar-refractivity contribution < 1.29 is 4.74 Å². The molecule has 1 fully saturated rings. The summed E-state index contributed by atoms with van der Waals surface area (Å²) in [6.07, 6.45) is 2.84. The van der Waals surface area contributed by atoms with E-state index in [1.807, 2.05) is 18.2 Å². The summed E-state index contributed by atoms with van der Waals surface area (Å²) in [4.78, 5) is 0. The van der Waals surface area contributed by atoms with Crippen LogP contribution in [-0.4, -0.2) is 19.3 Å². The summed E-state index contributed by atoms with van der Waals surface area (Å²) in [5.41, 5.74) is 1.23. The lowest BCUT2D eigenvalue weighted by atomic mass is 9.98. The Hall–Kier alpha value is -0.570. The third kappa shape index (κ3) is 3.47. The predicted molar refractivity (Wildman–Crippen MR) is 76.0 cm³/mol. The third-order valence-electron chi connectivity index (χ3n) is 3.41. The molecule has 2 atom stereocenters. The largest absolute Gasteiger partial charge is 0.376 e. The molecule has 0 heterocycles. The van der Waals surface area contributed by atoms with Crippen molar-refractivity contribution in [3.63, 3.8) is 0 Å². The number of likely N-dealkylation sites (N-methyl/N-ethyl adjacent to an activating group) is 1. The maximum Gasteiger partial charge on any atom is 0.0797 e. The molecular weight excluding hydrogens is 246 g/mol. The smallest absolute Gasteiger partial charge is 0.0797 e. The minimum atomic E-state index is 0.251. The van der Waals surface area contributed by atoms with Crippen LogP contribution in [0.4, 0.5) is 0 Å². The van der Waals surface area contributed by atoms with E-state index in [9.17, 15) is 0 Å². The summed E-state index contributed by atoms with van der Waals surface area (Å²) in [6, 6.07) is 8.36. The fourth-order valence-electron chi connectivity index (χ4n) is 2.47. The maximum atomic E-state index is 6.10. The molecule has 2 rings (SSSR count). The second-order valence-electron chi connectivity index (χ2n) is 4.85. The highest BCUT2D eigenvalue weighted by Gasteiger charge is 2.37. The van der Waals surface area contributed by atoms with Crippen molar-refractivity contribution in [2.24, 2.45) is 5.92 Å². The first-order valence-corrected chi connectivity index (χ1v) is 7.24. The highest BCUT2D eigenvalue weighted by Crippen LogP contribution is 2.40.